The van der Waals surface area contributed by atoms with Crippen molar-refractivity contribution in [2.45, 2.75) is 6.54 Å². The summed E-state index contributed by atoms with van der Waals surface area (Å²) in [7, 11) is 1.70. The average Bonchev–Trinajstić information content (AvgIpc) is 2.56. The van der Waals surface area contributed by atoms with E-state index in [-0.39, 0.29) is 5.56 Å². The van der Waals surface area contributed by atoms with E-state index in [0.29, 0.717) is 0 Å². The third-order valence-electron chi connectivity index (χ3n) is 4.00. The summed E-state index contributed by atoms with van der Waals surface area (Å²) in [5.41, 5.74) is 1.06. The Bertz CT molecular complexity index is 726. The van der Waals surface area contributed by atoms with Gasteiger partial charge in [0.05, 0.1) is 13.4 Å². The van der Waals surface area contributed by atoms with Crippen molar-refractivity contribution >= 4 is 21.7 Å². The van der Waals surface area contributed by atoms with Crippen molar-refractivity contribution in [3.8, 4) is 5.75 Å². The zero-order valence-electron chi connectivity index (χ0n) is 13.0. The van der Waals surface area contributed by atoms with E-state index in [4.69, 9.17) is 4.74 Å². The number of H-pyrrole nitrogens is 1. The first-order chi connectivity index (χ1) is 11.2. The predicted octanol–water partition coefficient (Wildman–Crippen LogP) is 1.86. The van der Waals surface area contributed by atoms with E-state index in [1.54, 1.807) is 13.2 Å². The van der Waals surface area contributed by atoms with Crippen LogP contribution in [0.15, 0.2) is 39.9 Å². The van der Waals surface area contributed by atoms with E-state index in [9.17, 15) is 4.79 Å². The number of rotatable bonds is 4. The van der Waals surface area contributed by atoms with Crippen molar-refractivity contribution in [3.63, 3.8) is 0 Å². The molecule has 0 bridgehead atoms. The number of nitrogens with zero attached hydrogens (tertiary/aromatic N) is 3. The molecule has 0 unspecified atom stereocenters. The van der Waals surface area contributed by atoms with Gasteiger partial charge in [0.15, 0.2) is 0 Å². The largest absolute Gasteiger partial charge is 0.496 e. The van der Waals surface area contributed by atoms with Crippen LogP contribution in [0.25, 0.3) is 0 Å². The van der Waals surface area contributed by atoms with Gasteiger partial charge in [0.1, 0.15) is 11.6 Å². The van der Waals surface area contributed by atoms with Crippen LogP contribution in [0.1, 0.15) is 5.56 Å². The molecule has 2 heterocycles. The summed E-state index contributed by atoms with van der Waals surface area (Å²) in [5.74, 6) is 1.65. The minimum absolute atomic E-state index is 0.115. The van der Waals surface area contributed by atoms with E-state index >= 15 is 0 Å². The number of anilines is 1. The number of hydrogen-bond acceptors (Lipinski definition) is 5. The highest BCUT2D eigenvalue weighted by Crippen LogP contribution is 2.25. The van der Waals surface area contributed by atoms with E-state index in [2.05, 4.69) is 41.8 Å². The summed E-state index contributed by atoms with van der Waals surface area (Å²) in [6.45, 7) is 4.40. The monoisotopic (exact) mass is 378 g/mol. The lowest BCUT2D eigenvalue weighted by atomic mass is 10.1. The summed E-state index contributed by atoms with van der Waals surface area (Å²) >= 11 is 3.51. The molecule has 2 aromatic rings. The van der Waals surface area contributed by atoms with E-state index in [1.165, 1.54) is 11.9 Å². The number of nitrogens with one attached hydrogen (secondary N) is 1. The lowest BCUT2D eigenvalue weighted by Gasteiger charge is -2.35. The predicted molar refractivity (Wildman–Crippen MR) is 93.0 cm³/mol. The second-order valence-corrected chi connectivity index (χ2v) is 6.40. The first-order valence-corrected chi connectivity index (χ1v) is 8.29. The van der Waals surface area contributed by atoms with Crippen LogP contribution in [0.3, 0.4) is 0 Å². The number of methoxy groups -OCH3 is 1. The summed E-state index contributed by atoms with van der Waals surface area (Å²) in [5, 5.41) is 0. The number of piperazine rings is 1. The molecule has 122 valence electrons. The molecule has 0 amide bonds. The van der Waals surface area contributed by atoms with Gasteiger partial charge in [-0.05, 0) is 18.2 Å². The number of benzene rings is 1. The van der Waals surface area contributed by atoms with Crippen molar-refractivity contribution < 1.29 is 4.74 Å². The molecule has 6 nitrogen and oxygen atoms in total. The van der Waals surface area contributed by atoms with Gasteiger partial charge in [0.25, 0.3) is 5.56 Å². The molecule has 0 spiro atoms. The van der Waals surface area contributed by atoms with E-state index < -0.39 is 0 Å². The smallest absolute Gasteiger partial charge is 0.252 e. The number of ether oxygens (including phenoxy) is 1. The van der Waals surface area contributed by atoms with Gasteiger partial charge in [-0.15, -0.1) is 0 Å². The fourth-order valence-corrected chi connectivity index (χ4v) is 3.19. The van der Waals surface area contributed by atoms with Crippen LogP contribution >= 0.6 is 15.9 Å². The highest BCUT2D eigenvalue weighted by atomic mass is 79.9. The van der Waals surface area contributed by atoms with E-state index in [1.807, 2.05) is 12.1 Å². The molecular formula is C16H19BrN4O2. The van der Waals surface area contributed by atoms with Crippen LogP contribution in [-0.4, -0.2) is 48.2 Å². The third-order valence-corrected chi connectivity index (χ3v) is 4.49. The summed E-state index contributed by atoms with van der Waals surface area (Å²) in [6, 6.07) is 7.62. The van der Waals surface area contributed by atoms with Gasteiger partial charge in [0, 0.05) is 48.8 Å². The van der Waals surface area contributed by atoms with Crippen molar-refractivity contribution in [1.82, 2.24) is 14.9 Å². The Morgan fingerprint density at radius 1 is 1.26 bits per heavy atom. The van der Waals surface area contributed by atoms with Crippen molar-refractivity contribution in [2.75, 3.05) is 38.2 Å². The highest BCUT2D eigenvalue weighted by Gasteiger charge is 2.19. The van der Waals surface area contributed by atoms with Crippen LogP contribution in [0.2, 0.25) is 0 Å². The molecule has 7 heteroatoms. The van der Waals surface area contributed by atoms with Gasteiger partial charge >= 0.3 is 0 Å². The first kappa shape index (κ1) is 16.0. The maximum Gasteiger partial charge on any atom is 0.252 e. The van der Waals surface area contributed by atoms with Crippen LogP contribution in [-0.2, 0) is 6.54 Å². The number of hydrogen-bond donors (Lipinski definition) is 1. The molecule has 1 N–H and O–H groups in total. The minimum Gasteiger partial charge on any atom is -0.496 e. The van der Waals surface area contributed by atoms with Crippen LogP contribution in [0.5, 0.6) is 5.75 Å². The summed E-state index contributed by atoms with van der Waals surface area (Å²) < 4.78 is 6.49. The first-order valence-electron chi connectivity index (χ1n) is 7.50. The van der Waals surface area contributed by atoms with Gasteiger partial charge in [0.2, 0.25) is 0 Å². The van der Waals surface area contributed by atoms with Gasteiger partial charge in [-0.25, -0.2) is 4.98 Å². The second-order valence-electron chi connectivity index (χ2n) is 5.49. The number of halogens is 1. The Hall–Kier alpha value is -1.86. The van der Waals surface area contributed by atoms with E-state index in [0.717, 1.165) is 48.8 Å². The summed E-state index contributed by atoms with van der Waals surface area (Å²) in [6.07, 6.45) is 1.45. The second kappa shape index (κ2) is 7.14. The van der Waals surface area contributed by atoms with Crippen LogP contribution in [0.4, 0.5) is 5.82 Å². The topological polar surface area (TPSA) is 61.5 Å². The quantitative estimate of drug-likeness (QED) is 0.879. The zero-order chi connectivity index (χ0) is 16.2. The lowest BCUT2D eigenvalue weighted by molar-refractivity contribution is 0.245. The Morgan fingerprint density at radius 3 is 2.74 bits per heavy atom. The molecule has 1 aromatic heterocycles. The molecule has 0 saturated carbocycles. The molecule has 23 heavy (non-hydrogen) atoms. The van der Waals surface area contributed by atoms with Crippen molar-refractivity contribution in [3.05, 3.63) is 51.0 Å². The molecule has 0 atom stereocenters. The molecular weight excluding hydrogens is 360 g/mol. The number of aromatic nitrogens is 2. The molecule has 3 rings (SSSR count). The number of aromatic amines is 1. The fraction of sp³-hybridized carbons (Fsp3) is 0.375. The summed E-state index contributed by atoms with van der Waals surface area (Å²) in [4.78, 5) is 22.7. The molecule has 0 aliphatic carbocycles. The Morgan fingerprint density at radius 2 is 2.04 bits per heavy atom. The Labute approximate surface area is 143 Å². The van der Waals surface area contributed by atoms with Gasteiger partial charge in [-0.3, -0.25) is 9.69 Å². The SMILES string of the molecule is COc1ccc(Br)cc1CN1CCN(c2cc(=O)[nH]cn2)CC1. The normalized spacial score (nSPS) is 15.7. The fourth-order valence-electron chi connectivity index (χ4n) is 2.78. The lowest BCUT2D eigenvalue weighted by Crippen LogP contribution is -2.46. The minimum atomic E-state index is -0.115. The molecule has 1 fully saturated rings. The van der Waals surface area contributed by atoms with Crippen LogP contribution in [0, 0.1) is 0 Å². The Kier molecular flexibility index (Phi) is 4.97. The van der Waals surface area contributed by atoms with Crippen molar-refractivity contribution in [1.29, 1.82) is 0 Å². The maximum atomic E-state index is 11.4. The molecule has 1 aliphatic rings. The maximum absolute atomic E-state index is 11.4. The molecule has 1 saturated heterocycles. The molecule has 1 aliphatic heterocycles. The highest BCUT2D eigenvalue weighted by molar-refractivity contribution is 9.10. The van der Waals surface area contributed by atoms with Crippen molar-refractivity contribution in [2.24, 2.45) is 0 Å². The van der Waals surface area contributed by atoms with Gasteiger partial charge in [-0.2, -0.15) is 0 Å². The van der Waals surface area contributed by atoms with Gasteiger partial charge < -0.3 is 14.6 Å². The standard InChI is InChI=1S/C16H19BrN4O2/c1-23-14-3-2-13(17)8-12(14)10-20-4-6-21(7-5-20)15-9-16(22)19-11-18-15/h2-3,8-9,11H,4-7,10H2,1H3,(H,18,19,22). The Balaban J connectivity index is 1.63. The zero-order valence-corrected chi connectivity index (χ0v) is 14.5. The van der Waals surface area contributed by atoms with Gasteiger partial charge in [-0.1, -0.05) is 15.9 Å². The average molecular weight is 379 g/mol. The third kappa shape index (κ3) is 3.92. The molecule has 0 radical (unpaired) electrons. The van der Waals surface area contributed by atoms with Crippen LogP contribution < -0.4 is 15.2 Å². The molecule has 1 aromatic carbocycles.